The lowest BCUT2D eigenvalue weighted by Gasteiger charge is -2.46. The molecule has 52 heavy (non-hydrogen) atoms. The summed E-state index contributed by atoms with van der Waals surface area (Å²) < 4.78 is 74.7. The van der Waals surface area contributed by atoms with Crippen LogP contribution in [0.3, 0.4) is 0 Å². The predicted molar refractivity (Wildman–Crippen MR) is 173 cm³/mol. The van der Waals surface area contributed by atoms with Crippen LogP contribution >= 0.6 is 0 Å². The molecule has 8 heterocycles. The van der Waals surface area contributed by atoms with E-state index in [0.717, 1.165) is 0 Å². The first-order chi connectivity index (χ1) is 24.1. The summed E-state index contributed by atoms with van der Waals surface area (Å²) in [6.45, 7) is 17.2. The van der Waals surface area contributed by atoms with Crippen LogP contribution in [0.5, 0.6) is 0 Å². The van der Waals surface area contributed by atoms with Gasteiger partial charge >= 0.3 is 11.9 Å². The zero-order valence-electron chi connectivity index (χ0n) is 30.8. The fraction of sp³-hybridized carbons (Fsp3) is 0.667. The second-order valence-corrected chi connectivity index (χ2v) is 15.8. The number of aromatic nitrogens is 2. The molecule has 8 rings (SSSR count). The Morgan fingerprint density at radius 2 is 0.962 bits per heavy atom. The summed E-state index contributed by atoms with van der Waals surface area (Å²) in [5.41, 5.74) is -0.0323. The Hall–Kier alpha value is -3.16. The Balaban J connectivity index is 1.15. The van der Waals surface area contributed by atoms with Crippen LogP contribution in [0.4, 0.5) is 0 Å². The van der Waals surface area contributed by atoms with Crippen molar-refractivity contribution < 1.29 is 66.4 Å². The van der Waals surface area contributed by atoms with E-state index in [2.05, 4.69) is 9.97 Å². The van der Waals surface area contributed by atoms with Gasteiger partial charge in [-0.2, -0.15) is 0 Å². The highest BCUT2D eigenvalue weighted by molar-refractivity contribution is 6.01. The van der Waals surface area contributed by atoms with Gasteiger partial charge < -0.3 is 56.8 Å². The number of rotatable bonds is 5. The molecule has 0 spiro atoms. The number of carbonyl (C=O) groups is 2. The van der Waals surface area contributed by atoms with E-state index in [4.69, 9.17) is 56.8 Å². The van der Waals surface area contributed by atoms with Gasteiger partial charge in [-0.1, -0.05) is 0 Å². The Kier molecular flexibility index (Phi) is 7.72. The lowest BCUT2D eigenvalue weighted by Crippen LogP contribution is -2.68. The Morgan fingerprint density at radius 1 is 0.577 bits per heavy atom. The summed E-state index contributed by atoms with van der Waals surface area (Å²) in [5, 5.41) is 0. The van der Waals surface area contributed by atoms with Crippen molar-refractivity contribution in [2.75, 3.05) is 13.2 Å². The third kappa shape index (κ3) is 5.41. The number of ether oxygens (including phenoxy) is 12. The summed E-state index contributed by atoms with van der Waals surface area (Å²) >= 11 is 0. The second-order valence-electron chi connectivity index (χ2n) is 15.8. The van der Waals surface area contributed by atoms with Gasteiger partial charge in [0.15, 0.2) is 35.4 Å². The van der Waals surface area contributed by atoms with Crippen LogP contribution in [0.15, 0.2) is 36.7 Å². The number of hydrogen-bond acceptors (Lipinski definition) is 16. The van der Waals surface area contributed by atoms with Crippen molar-refractivity contribution in [2.45, 2.75) is 140 Å². The molecule has 0 bridgehead atoms. The molecule has 0 saturated carbocycles. The van der Waals surface area contributed by atoms with Crippen LogP contribution in [0.1, 0.15) is 90.0 Å². The molecule has 6 saturated heterocycles. The molecule has 6 aliphatic heterocycles. The first-order valence-corrected chi connectivity index (χ1v) is 17.3. The third-order valence-electron chi connectivity index (χ3n) is 9.87. The van der Waals surface area contributed by atoms with Gasteiger partial charge in [-0.3, -0.25) is 9.97 Å². The molecule has 2 aromatic heterocycles. The van der Waals surface area contributed by atoms with Crippen LogP contribution < -0.4 is 0 Å². The van der Waals surface area contributed by atoms with Gasteiger partial charge in [0.05, 0.1) is 24.3 Å². The summed E-state index contributed by atoms with van der Waals surface area (Å²) in [6, 6.07) is 6.11. The van der Waals surface area contributed by atoms with Gasteiger partial charge in [0.2, 0.25) is 11.6 Å². The van der Waals surface area contributed by atoms with Gasteiger partial charge in [-0.25, -0.2) is 9.59 Å². The van der Waals surface area contributed by atoms with Crippen LogP contribution in [0, 0.1) is 0 Å². The Bertz CT molecular complexity index is 1690. The summed E-state index contributed by atoms with van der Waals surface area (Å²) in [4.78, 5) is 37.8. The van der Waals surface area contributed by atoms with E-state index in [0.29, 0.717) is 0 Å². The highest BCUT2D eigenvalue weighted by Gasteiger charge is 2.77. The van der Waals surface area contributed by atoms with E-state index in [-0.39, 0.29) is 35.7 Å². The highest BCUT2D eigenvalue weighted by Crippen LogP contribution is 2.56. The van der Waals surface area contributed by atoms with Crippen molar-refractivity contribution in [1.29, 1.82) is 0 Å². The number of carbonyl (C=O) groups excluding carboxylic acids is 2. The molecule has 2 aromatic rings. The highest BCUT2D eigenvalue weighted by atomic mass is 16.9. The smallest absolute Gasteiger partial charge is 0.343 e. The van der Waals surface area contributed by atoms with E-state index in [1.165, 1.54) is 24.5 Å². The van der Waals surface area contributed by atoms with E-state index >= 15 is 0 Å². The minimum absolute atomic E-state index is 0.0251. The first kappa shape index (κ1) is 35.8. The molecule has 16 heteroatoms. The second kappa shape index (κ2) is 11.2. The number of hydrogen-bond donors (Lipinski definition) is 0. The average molecular weight is 729 g/mol. The van der Waals surface area contributed by atoms with Crippen molar-refractivity contribution >= 4 is 11.9 Å². The third-order valence-corrected chi connectivity index (χ3v) is 9.87. The zero-order valence-corrected chi connectivity index (χ0v) is 30.8. The van der Waals surface area contributed by atoms with Crippen molar-refractivity contribution in [2.24, 2.45) is 0 Å². The molecular formula is C36H44N2O14. The average Bonchev–Trinajstić information content (AvgIpc) is 3.68. The molecule has 8 atom stereocenters. The zero-order chi connectivity index (χ0) is 37.3. The predicted octanol–water partition coefficient (Wildman–Crippen LogP) is 3.95. The fourth-order valence-electron chi connectivity index (χ4n) is 8.22. The van der Waals surface area contributed by atoms with E-state index in [9.17, 15) is 9.59 Å². The van der Waals surface area contributed by atoms with E-state index in [1.54, 1.807) is 81.4 Å². The molecule has 0 aromatic carbocycles. The minimum atomic E-state index is -1.91. The van der Waals surface area contributed by atoms with Crippen molar-refractivity contribution in [3.63, 3.8) is 0 Å². The SMILES string of the molecule is CC1(C)O[C@@H]2[C@@H](CO[C@@]3(C)OC(C)(C)O[C@@]23OC(=O)c2cccnc2-c2ncccc2C(=O)O[C@@]23OC(C)(C)O[C@]2(C)OC[C@H]2OC(C)(C)O[C@H]23)O1. The molecule has 282 valence electrons. The van der Waals surface area contributed by atoms with Crippen molar-refractivity contribution in [1.82, 2.24) is 9.97 Å². The topological polar surface area (TPSA) is 171 Å². The van der Waals surface area contributed by atoms with E-state index < -0.39 is 82.7 Å². The maximum Gasteiger partial charge on any atom is 0.343 e. The minimum Gasteiger partial charge on any atom is -0.420 e. The molecule has 0 unspecified atom stereocenters. The van der Waals surface area contributed by atoms with Crippen molar-refractivity contribution in [3.8, 4) is 11.4 Å². The summed E-state index contributed by atoms with van der Waals surface area (Å²) in [5.74, 6) is -13.3. The van der Waals surface area contributed by atoms with Gasteiger partial charge in [0, 0.05) is 12.4 Å². The molecule has 16 nitrogen and oxygen atoms in total. The number of pyridine rings is 2. The largest absolute Gasteiger partial charge is 0.420 e. The normalized spacial score (nSPS) is 40.3. The van der Waals surface area contributed by atoms with Crippen LogP contribution in [-0.4, -0.2) is 106 Å². The van der Waals surface area contributed by atoms with Gasteiger partial charge in [0.1, 0.15) is 23.6 Å². The van der Waals surface area contributed by atoms with Gasteiger partial charge in [-0.05, 0) is 93.5 Å². The van der Waals surface area contributed by atoms with Crippen LogP contribution in [0.25, 0.3) is 11.4 Å². The molecule has 0 N–H and O–H groups in total. The standard InChI is InChI=1S/C36H44N2O14/c1-29(2)43-21-17-41-33(9)35(25(21)45-29,51-31(5,6)49-33)47-27(39)19-13-11-15-37-23(19)24-20(14-12-16-38-24)28(40)48-36-26-22(44-30(3,4)46-26)18-42-34(36,10)50-32(7,8)52-36/h11-16,21-22,25-26H,17-18H2,1-10H3/t21-,22-,25-,26-,33+,34+,35+,36+/m1/s1. The molecule has 0 radical (unpaired) electrons. The molecular weight excluding hydrogens is 684 g/mol. The number of esters is 2. The lowest BCUT2D eigenvalue weighted by atomic mass is 9.93. The number of nitrogens with zero attached hydrogens (tertiary/aromatic N) is 2. The van der Waals surface area contributed by atoms with E-state index in [1.807, 2.05) is 0 Å². The van der Waals surface area contributed by atoms with Crippen LogP contribution in [-0.2, 0) is 56.8 Å². The molecule has 6 aliphatic rings. The quantitative estimate of drug-likeness (QED) is 0.405. The monoisotopic (exact) mass is 728 g/mol. The molecule has 0 aliphatic carbocycles. The lowest BCUT2D eigenvalue weighted by molar-refractivity contribution is -0.362. The van der Waals surface area contributed by atoms with Crippen LogP contribution in [0.2, 0.25) is 0 Å². The van der Waals surface area contributed by atoms with Crippen molar-refractivity contribution in [3.05, 3.63) is 47.8 Å². The first-order valence-electron chi connectivity index (χ1n) is 17.3. The molecule has 6 fully saturated rings. The fourth-order valence-corrected chi connectivity index (χ4v) is 8.22. The summed E-state index contributed by atoms with van der Waals surface area (Å²) in [6.07, 6.45) is -0.202. The van der Waals surface area contributed by atoms with Gasteiger partial charge in [0.25, 0.3) is 11.6 Å². The maximum atomic E-state index is 14.4. The maximum absolute atomic E-state index is 14.4. The molecule has 0 amide bonds. The Morgan fingerprint density at radius 3 is 1.35 bits per heavy atom. The Labute approximate surface area is 300 Å². The number of fused-ring (bicyclic) bond motifs is 6. The summed E-state index contributed by atoms with van der Waals surface area (Å²) in [7, 11) is 0. The van der Waals surface area contributed by atoms with Gasteiger partial charge in [-0.15, -0.1) is 0 Å².